The predicted octanol–water partition coefficient (Wildman–Crippen LogP) is 2.66. The van der Waals surface area contributed by atoms with Gasteiger partial charge in [-0.2, -0.15) is 5.10 Å². The van der Waals surface area contributed by atoms with Crippen LogP contribution in [0.5, 0.6) is 0 Å². The number of halogens is 1. The van der Waals surface area contributed by atoms with Crippen LogP contribution in [0.15, 0.2) is 16.2 Å². The van der Waals surface area contributed by atoms with Gasteiger partial charge in [-0.1, -0.05) is 0 Å². The van der Waals surface area contributed by atoms with Gasteiger partial charge in [-0.05, 0) is 28.9 Å². The van der Waals surface area contributed by atoms with Gasteiger partial charge in [0.2, 0.25) is 0 Å². The molecule has 19 heavy (non-hydrogen) atoms. The monoisotopic (exact) mass is 341 g/mol. The van der Waals surface area contributed by atoms with Crippen LogP contribution in [0.1, 0.15) is 16.3 Å². The largest absolute Gasteiger partial charge is 0.465 e. The minimum absolute atomic E-state index is 0.412. The molecule has 2 rings (SSSR count). The third-order valence-electron chi connectivity index (χ3n) is 2.46. The summed E-state index contributed by atoms with van der Waals surface area (Å²) in [5.74, 6) is -0.412. The highest BCUT2D eigenvalue weighted by molar-refractivity contribution is 9.11. The van der Waals surface area contributed by atoms with E-state index in [0.29, 0.717) is 10.6 Å². The molecule has 0 amide bonds. The first-order valence-corrected chi connectivity index (χ1v) is 7.04. The van der Waals surface area contributed by atoms with Crippen LogP contribution in [-0.2, 0) is 16.6 Å². The molecule has 0 fully saturated rings. The lowest BCUT2D eigenvalue weighted by molar-refractivity contribution is -0.133. The van der Waals surface area contributed by atoms with Crippen molar-refractivity contribution in [2.45, 2.75) is 6.92 Å². The summed E-state index contributed by atoms with van der Waals surface area (Å²) in [5.41, 5.74) is 2.14. The smallest absolute Gasteiger partial charge is 0.340 e. The van der Waals surface area contributed by atoms with Gasteiger partial charge in [0, 0.05) is 18.8 Å². The number of methoxy groups -OCH3 is 1. The molecule has 0 unspecified atom stereocenters. The van der Waals surface area contributed by atoms with E-state index in [1.54, 1.807) is 17.0 Å². The van der Waals surface area contributed by atoms with Gasteiger partial charge in [0.25, 0.3) is 0 Å². The highest BCUT2D eigenvalue weighted by atomic mass is 79.9. The second kappa shape index (κ2) is 5.66. The van der Waals surface area contributed by atoms with E-state index in [9.17, 15) is 4.79 Å². The van der Waals surface area contributed by atoms with Gasteiger partial charge in [0.05, 0.1) is 28.4 Å². The minimum Gasteiger partial charge on any atom is -0.465 e. The first-order valence-electron chi connectivity index (χ1n) is 5.43. The first kappa shape index (κ1) is 14.0. The number of carbonyl (C=O) groups excluding carboxylic acids is 1. The Balaban J connectivity index is 2.49. The Morgan fingerprint density at radius 2 is 2.32 bits per heavy atom. The van der Waals surface area contributed by atoms with Gasteiger partial charge in [-0.25, -0.2) is 9.78 Å². The van der Waals surface area contributed by atoms with Crippen molar-refractivity contribution in [1.82, 2.24) is 14.8 Å². The Kier molecular flexibility index (Phi) is 4.16. The lowest BCUT2D eigenvalue weighted by Crippen LogP contribution is -2.03. The molecule has 2 aromatic heterocycles. The van der Waals surface area contributed by atoms with Crippen LogP contribution in [-0.4, -0.2) is 27.8 Å². The zero-order valence-corrected chi connectivity index (χ0v) is 13.1. The summed E-state index contributed by atoms with van der Waals surface area (Å²) < 4.78 is 7.38. The molecule has 0 aliphatic heterocycles. The summed E-state index contributed by atoms with van der Waals surface area (Å²) in [4.78, 5) is 16.1. The molecule has 0 atom stereocenters. The SMILES string of the molecule is COC(=O)/C(=C/c1cn(C)nc1C)c1ncc(Br)s1. The van der Waals surface area contributed by atoms with Crippen LogP contribution < -0.4 is 0 Å². The van der Waals surface area contributed by atoms with E-state index < -0.39 is 5.97 Å². The Labute approximate surface area is 123 Å². The van der Waals surface area contributed by atoms with E-state index in [1.165, 1.54) is 18.4 Å². The number of esters is 1. The van der Waals surface area contributed by atoms with Crippen LogP contribution in [0.3, 0.4) is 0 Å². The summed E-state index contributed by atoms with van der Waals surface area (Å²) in [7, 11) is 3.19. The van der Waals surface area contributed by atoms with E-state index >= 15 is 0 Å². The van der Waals surface area contributed by atoms with E-state index in [-0.39, 0.29) is 0 Å². The normalized spacial score (nSPS) is 11.7. The lowest BCUT2D eigenvalue weighted by Gasteiger charge is -2.01. The number of nitrogens with zero attached hydrogens (tertiary/aromatic N) is 3. The van der Waals surface area contributed by atoms with Crippen LogP contribution in [0.2, 0.25) is 0 Å². The maximum Gasteiger partial charge on any atom is 0.340 e. The molecule has 2 aromatic rings. The molecule has 0 radical (unpaired) electrons. The van der Waals surface area contributed by atoms with Crippen molar-refractivity contribution in [2.24, 2.45) is 7.05 Å². The molecule has 0 aliphatic carbocycles. The van der Waals surface area contributed by atoms with Crippen LogP contribution >= 0.6 is 27.3 Å². The standard InChI is InChI=1S/C12H12BrN3O2S/c1-7-8(6-16(2)15-7)4-9(12(17)18-3)11-14-5-10(13)19-11/h4-6H,1-3H3/b9-4+. The Morgan fingerprint density at radius 3 is 2.79 bits per heavy atom. The minimum atomic E-state index is -0.412. The van der Waals surface area contributed by atoms with Gasteiger partial charge in [-0.3, -0.25) is 4.68 Å². The first-order chi connectivity index (χ1) is 9.01. The summed E-state index contributed by atoms with van der Waals surface area (Å²) in [5, 5.41) is 4.85. The molecule has 0 N–H and O–H groups in total. The summed E-state index contributed by atoms with van der Waals surface area (Å²) in [6, 6.07) is 0. The topological polar surface area (TPSA) is 57.0 Å². The number of hydrogen-bond donors (Lipinski definition) is 0. The quantitative estimate of drug-likeness (QED) is 0.636. The predicted molar refractivity (Wildman–Crippen MR) is 77.6 cm³/mol. The number of aromatic nitrogens is 3. The molecule has 5 nitrogen and oxygen atoms in total. The van der Waals surface area contributed by atoms with Crippen LogP contribution in [0.4, 0.5) is 0 Å². The summed E-state index contributed by atoms with van der Waals surface area (Å²) in [6.45, 7) is 1.89. The van der Waals surface area contributed by atoms with Crippen molar-refractivity contribution in [3.8, 4) is 0 Å². The molecule has 0 aromatic carbocycles. The fraction of sp³-hybridized carbons (Fsp3) is 0.250. The Bertz CT molecular complexity index is 645. The highest BCUT2D eigenvalue weighted by Gasteiger charge is 2.17. The van der Waals surface area contributed by atoms with Gasteiger partial charge in [0.1, 0.15) is 5.01 Å². The Hall–Kier alpha value is -1.47. The molecule has 0 saturated carbocycles. The molecular formula is C12H12BrN3O2S. The zero-order valence-electron chi connectivity index (χ0n) is 10.7. The maximum absolute atomic E-state index is 11.9. The third-order valence-corrected chi connectivity index (χ3v) is 3.97. The van der Waals surface area contributed by atoms with E-state index in [1.807, 2.05) is 20.2 Å². The highest BCUT2D eigenvalue weighted by Crippen LogP contribution is 2.28. The molecule has 100 valence electrons. The summed E-state index contributed by atoms with van der Waals surface area (Å²) >= 11 is 4.72. The third kappa shape index (κ3) is 3.10. The Morgan fingerprint density at radius 1 is 1.58 bits per heavy atom. The number of ether oxygens (including phenoxy) is 1. The second-order valence-corrected chi connectivity index (χ2v) is 6.27. The molecular weight excluding hydrogens is 330 g/mol. The van der Waals surface area contributed by atoms with Crippen molar-refractivity contribution in [2.75, 3.05) is 7.11 Å². The van der Waals surface area contributed by atoms with Crippen molar-refractivity contribution >= 4 is 44.9 Å². The fourth-order valence-corrected chi connectivity index (χ4v) is 2.82. The number of hydrogen-bond acceptors (Lipinski definition) is 5. The van der Waals surface area contributed by atoms with Gasteiger partial charge in [-0.15, -0.1) is 11.3 Å². The van der Waals surface area contributed by atoms with Crippen LogP contribution in [0, 0.1) is 6.92 Å². The number of carbonyl (C=O) groups is 1. The van der Waals surface area contributed by atoms with Crippen molar-refractivity contribution in [3.63, 3.8) is 0 Å². The summed E-state index contributed by atoms with van der Waals surface area (Å²) in [6.07, 6.45) is 5.26. The van der Waals surface area contributed by atoms with Gasteiger partial charge >= 0.3 is 5.97 Å². The average Bonchev–Trinajstić information content (AvgIpc) is 2.91. The molecule has 2 heterocycles. The maximum atomic E-state index is 11.9. The fourth-order valence-electron chi connectivity index (χ4n) is 1.61. The lowest BCUT2D eigenvalue weighted by atomic mass is 10.1. The number of thiazole rings is 1. The second-order valence-electron chi connectivity index (χ2n) is 3.86. The van der Waals surface area contributed by atoms with E-state index in [2.05, 4.69) is 26.0 Å². The zero-order chi connectivity index (χ0) is 14.0. The van der Waals surface area contributed by atoms with Gasteiger partial charge < -0.3 is 4.74 Å². The van der Waals surface area contributed by atoms with Crippen molar-refractivity contribution in [1.29, 1.82) is 0 Å². The van der Waals surface area contributed by atoms with E-state index in [4.69, 9.17) is 4.74 Å². The van der Waals surface area contributed by atoms with Crippen LogP contribution in [0.25, 0.3) is 11.6 Å². The van der Waals surface area contributed by atoms with Crippen molar-refractivity contribution in [3.05, 3.63) is 32.4 Å². The van der Waals surface area contributed by atoms with Gasteiger partial charge in [0.15, 0.2) is 0 Å². The molecule has 0 spiro atoms. The number of aryl methyl sites for hydroxylation is 2. The van der Waals surface area contributed by atoms with Crippen molar-refractivity contribution < 1.29 is 9.53 Å². The van der Waals surface area contributed by atoms with E-state index in [0.717, 1.165) is 15.0 Å². The molecule has 0 saturated heterocycles. The molecule has 0 bridgehead atoms. The molecule has 0 aliphatic rings. The average molecular weight is 342 g/mol. The number of rotatable bonds is 3. The molecule has 7 heteroatoms.